The molecular weight excluding hydrogens is 150 g/mol. The van der Waals surface area contributed by atoms with Gasteiger partial charge in [-0.2, -0.15) is 0 Å². The first-order chi connectivity index (χ1) is 5.95. The summed E-state index contributed by atoms with van der Waals surface area (Å²) in [6.45, 7) is 0.841. The van der Waals surface area contributed by atoms with Gasteiger partial charge in [-0.15, -0.1) is 0 Å². The van der Waals surface area contributed by atoms with Crippen LogP contribution in [0.1, 0.15) is 0 Å². The Labute approximate surface area is 69.4 Å². The smallest absolute Gasteiger partial charge is 0.0962 e. The Hall–Kier alpha value is -1.64. The van der Waals surface area contributed by atoms with Crippen molar-refractivity contribution in [1.82, 2.24) is 9.55 Å². The van der Waals surface area contributed by atoms with Crippen molar-refractivity contribution >= 4 is 22.9 Å². The van der Waals surface area contributed by atoms with Gasteiger partial charge in [0.25, 0.3) is 0 Å². The van der Waals surface area contributed by atoms with Crippen LogP contribution in [0.25, 0.3) is 11.0 Å². The molecule has 0 bridgehead atoms. The Morgan fingerprint density at radius 2 is 2.33 bits per heavy atom. The third-order valence-corrected chi connectivity index (χ3v) is 2.13. The second kappa shape index (κ2) is 1.94. The maximum atomic E-state index is 4.30. The summed E-state index contributed by atoms with van der Waals surface area (Å²) in [4.78, 5) is 8.57. The maximum Gasteiger partial charge on any atom is 0.0962 e. The first-order valence-electron chi connectivity index (χ1n) is 3.91. The van der Waals surface area contributed by atoms with Gasteiger partial charge < -0.3 is 4.57 Å². The number of hydrogen-bond donors (Lipinski definition) is 0. The zero-order valence-electron chi connectivity index (χ0n) is 6.44. The highest BCUT2D eigenvalue weighted by molar-refractivity contribution is 5.91. The number of benzene rings is 1. The second-order valence-corrected chi connectivity index (χ2v) is 2.85. The molecule has 1 aliphatic rings. The Morgan fingerprint density at radius 3 is 3.33 bits per heavy atom. The van der Waals surface area contributed by atoms with Crippen molar-refractivity contribution in [3.05, 3.63) is 24.5 Å². The van der Waals surface area contributed by atoms with E-state index in [0.29, 0.717) is 0 Å². The fourth-order valence-corrected chi connectivity index (χ4v) is 1.58. The van der Waals surface area contributed by atoms with Crippen LogP contribution in [0.2, 0.25) is 0 Å². The number of imidazole rings is 1. The van der Waals surface area contributed by atoms with Crippen LogP contribution in [0.15, 0.2) is 29.5 Å². The summed E-state index contributed by atoms with van der Waals surface area (Å²) in [5, 5.41) is 0. The average molecular weight is 157 g/mol. The van der Waals surface area contributed by atoms with E-state index in [9.17, 15) is 0 Å². The largest absolute Gasteiger partial charge is 0.323 e. The lowest BCUT2D eigenvalue weighted by Crippen LogP contribution is -2.00. The summed E-state index contributed by atoms with van der Waals surface area (Å²) < 4.78 is 2.11. The molecular formula is C9H7N3. The molecule has 0 radical (unpaired) electrons. The predicted octanol–water partition coefficient (Wildman–Crippen LogP) is 1.75. The van der Waals surface area contributed by atoms with Crippen LogP contribution < -0.4 is 0 Å². The Balaban J connectivity index is 2.57. The molecule has 0 amide bonds. The van der Waals surface area contributed by atoms with Crippen LogP contribution in [-0.4, -0.2) is 15.8 Å². The van der Waals surface area contributed by atoms with Gasteiger partial charge in [0, 0.05) is 6.21 Å². The van der Waals surface area contributed by atoms with Gasteiger partial charge in [-0.3, -0.25) is 4.99 Å². The predicted molar refractivity (Wildman–Crippen MR) is 47.9 cm³/mol. The molecule has 1 aromatic heterocycles. The minimum Gasteiger partial charge on any atom is -0.323 e. The van der Waals surface area contributed by atoms with E-state index in [4.69, 9.17) is 0 Å². The van der Waals surface area contributed by atoms with Crippen LogP contribution in [-0.2, 0) is 6.54 Å². The van der Waals surface area contributed by atoms with Crippen molar-refractivity contribution in [3.8, 4) is 0 Å². The molecule has 12 heavy (non-hydrogen) atoms. The summed E-state index contributed by atoms with van der Waals surface area (Å²) in [5.74, 6) is 0. The van der Waals surface area contributed by atoms with E-state index in [2.05, 4.69) is 14.5 Å². The van der Waals surface area contributed by atoms with Crippen LogP contribution in [0.3, 0.4) is 0 Å². The zero-order chi connectivity index (χ0) is 7.97. The van der Waals surface area contributed by atoms with E-state index in [1.807, 2.05) is 30.7 Å². The van der Waals surface area contributed by atoms with E-state index in [0.717, 1.165) is 23.3 Å². The molecule has 0 saturated heterocycles. The lowest BCUT2D eigenvalue weighted by molar-refractivity contribution is 0.884. The lowest BCUT2D eigenvalue weighted by atomic mass is 10.2. The molecule has 58 valence electrons. The normalized spacial score (nSPS) is 14.0. The molecule has 3 heteroatoms. The van der Waals surface area contributed by atoms with Crippen molar-refractivity contribution in [2.24, 2.45) is 4.99 Å². The standard InChI is InChI=1S/C9H7N3/c1-2-7-9-8(3-1)11-6-12(9)5-4-10-7/h1-4,6H,5H2. The van der Waals surface area contributed by atoms with Crippen LogP contribution >= 0.6 is 0 Å². The minimum atomic E-state index is 0.841. The Morgan fingerprint density at radius 1 is 1.33 bits per heavy atom. The molecule has 0 aliphatic carbocycles. The van der Waals surface area contributed by atoms with Gasteiger partial charge in [0.05, 0.1) is 29.6 Å². The van der Waals surface area contributed by atoms with E-state index in [-0.39, 0.29) is 0 Å². The van der Waals surface area contributed by atoms with Crippen LogP contribution in [0.5, 0.6) is 0 Å². The van der Waals surface area contributed by atoms with Crippen molar-refractivity contribution < 1.29 is 0 Å². The molecule has 0 saturated carbocycles. The van der Waals surface area contributed by atoms with E-state index >= 15 is 0 Å². The number of rotatable bonds is 0. The second-order valence-electron chi connectivity index (χ2n) is 2.85. The fraction of sp³-hybridized carbons (Fsp3) is 0.111. The molecule has 1 aliphatic heterocycles. The zero-order valence-corrected chi connectivity index (χ0v) is 6.44. The molecule has 1 aromatic carbocycles. The van der Waals surface area contributed by atoms with E-state index < -0.39 is 0 Å². The molecule has 0 unspecified atom stereocenters. The third-order valence-electron chi connectivity index (χ3n) is 2.13. The van der Waals surface area contributed by atoms with E-state index in [1.54, 1.807) is 0 Å². The van der Waals surface area contributed by atoms with Crippen molar-refractivity contribution in [2.75, 3.05) is 0 Å². The van der Waals surface area contributed by atoms with Gasteiger partial charge >= 0.3 is 0 Å². The molecule has 0 atom stereocenters. The van der Waals surface area contributed by atoms with Crippen molar-refractivity contribution in [2.45, 2.75) is 6.54 Å². The van der Waals surface area contributed by atoms with Gasteiger partial charge in [0.1, 0.15) is 0 Å². The quantitative estimate of drug-likeness (QED) is 0.573. The van der Waals surface area contributed by atoms with E-state index in [1.165, 1.54) is 0 Å². The summed E-state index contributed by atoms with van der Waals surface area (Å²) in [5.41, 5.74) is 3.21. The highest BCUT2D eigenvalue weighted by Crippen LogP contribution is 2.26. The summed E-state index contributed by atoms with van der Waals surface area (Å²) in [7, 11) is 0. The molecule has 0 N–H and O–H groups in total. The fourth-order valence-electron chi connectivity index (χ4n) is 1.58. The molecule has 2 heterocycles. The Kier molecular flexibility index (Phi) is 0.961. The van der Waals surface area contributed by atoms with Crippen molar-refractivity contribution in [3.63, 3.8) is 0 Å². The average Bonchev–Trinajstić information content (AvgIpc) is 2.52. The Bertz CT molecular complexity index is 468. The van der Waals surface area contributed by atoms with Crippen LogP contribution in [0.4, 0.5) is 5.69 Å². The minimum absolute atomic E-state index is 0.841. The molecule has 2 aromatic rings. The molecule has 3 nitrogen and oxygen atoms in total. The van der Waals surface area contributed by atoms with Gasteiger partial charge in [-0.25, -0.2) is 4.98 Å². The third kappa shape index (κ3) is 0.605. The van der Waals surface area contributed by atoms with Crippen LogP contribution in [0, 0.1) is 0 Å². The van der Waals surface area contributed by atoms with Gasteiger partial charge in [-0.05, 0) is 12.1 Å². The summed E-state index contributed by atoms with van der Waals surface area (Å²) in [6, 6.07) is 6.00. The SMILES string of the molecule is C1=Nc2cccc3ncn(c23)C1. The molecule has 0 spiro atoms. The van der Waals surface area contributed by atoms with Gasteiger partial charge in [-0.1, -0.05) is 6.07 Å². The number of nitrogens with zero attached hydrogens (tertiary/aromatic N) is 3. The lowest BCUT2D eigenvalue weighted by Gasteiger charge is -2.06. The number of aromatic nitrogens is 2. The highest BCUT2D eigenvalue weighted by Gasteiger charge is 2.08. The first kappa shape index (κ1) is 5.94. The maximum absolute atomic E-state index is 4.30. The number of aliphatic imine (C=N–C) groups is 1. The monoisotopic (exact) mass is 157 g/mol. The number of para-hydroxylation sites is 1. The topological polar surface area (TPSA) is 30.2 Å². The van der Waals surface area contributed by atoms with Crippen molar-refractivity contribution in [1.29, 1.82) is 0 Å². The summed E-state index contributed by atoms with van der Waals surface area (Å²) in [6.07, 6.45) is 3.77. The van der Waals surface area contributed by atoms with Gasteiger partial charge in [0.2, 0.25) is 0 Å². The first-order valence-corrected chi connectivity index (χ1v) is 3.91. The highest BCUT2D eigenvalue weighted by atomic mass is 15.1. The number of hydrogen-bond acceptors (Lipinski definition) is 2. The summed E-state index contributed by atoms with van der Waals surface area (Å²) >= 11 is 0. The van der Waals surface area contributed by atoms with Gasteiger partial charge in [0.15, 0.2) is 0 Å². The molecule has 3 rings (SSSR count). The molecule has 0 fully saturated rings.